The lowest BCUT2D eigenvalue weighted by Crippen LogP contribution is -2.27. The monoisotopic (exact) mass is 653 g/mol. The van der Waals surface area contributed by atoms with Crippen molar-refractivity contribution in [2.45, 2.75) is 19.3 Å². The zero-order valence-corrected chi connectivity index (χ0v) is 28.2. The summed E-state index contributed by atoms with van der Waals surface area (Å²) in [6, 6.07) is 48.0. The largest absolute Gasteiger partial charge is 0.292 e. The summed E-state index contributed by atoms with van der Waals surface area (Å²) >= 11 is 0. The van der Waals surface area contributed by atoms with Crippen LogP contribution in [0.2, 0.25) is 0 Å². The van der Waals surface area contributed by atoms with Gasteiger partial charge in [0.15, 0.2) is 0 Å². The molecule has 5 heteroatoms. The predicted molar refractivity (Wildman–Crippen MR) is 209 cm³/mol. The van der Waals surface area contributed by atoms with E-state index in [1.165, 1.54) is 54.7 Å². The van der Waals surface area contributed by atoms with E-state index in [0.717, 1.165) is 44.8 Å². The third-order valence-electron chi connectivity index (χ3n) is 11.0. The molecule has 0 N–H and O–H groups in total. The first-order valence-electron chi connectivity index (χ1n) is 17.4. The second-order valence-electron chi connectivity index (χ2n) is 14.1. The van der Waals surface area contributed by atoms with Crippen LogP contribution in [0.25, 0.3) is 88.4 Å². The normalized spacial score (nSPS) is 13.5. The van der Waals surface area contributed by atoms with E-state index in [1.807, 2.05) is 24.7 Å². The molecule has 5 nitrogen and oxygen atoms in total. The third kappa shape index (κ3) is 3.83. The van der Waals surface area contributed by atoms with Gasteiger partial charge in [-0.3, -0.25) is 14.1 Å². The Morgan fingerprint density at radius 1 is 0.510 bits per heavy atom. The average molecular weight is 654 g/mol. The molecular formula is C46H31N5. The van der Waals surface area contributed by atoms with E-state index < -0.39 is 0 Å². The second-order valence-corrected chi connectivity index (χ2v) is 14.1. The standard InChI is InChI=1S/C46H31N5/c1-46(2)38-17-10-23-48-45(38)51-40-27-47-24-22-34(40)37-25-30(26-39(46)42(37)51)28-18-20-31(21-19-28)50-43-36-16-9-7-14-33(36)32-13-6-8-15-35(32)41(43)49-44(50)29-11-4-3-5-12-29/h3-27H,1-2H3. The summed E-state index contributed by atoms with van der Waals surface area (Å²) in [5.74, 6) is 1.92. The molecule has 0 radical (unpaired) electrons. The quantitative estimate of drug-likeness (QED) is 0.178. The van der Waals surface area contributed by atoms with Crippen molar-refractivity contribution in [1.82, 2.24) is 24.1 Å². The fraction of sp³-hybridized carbons (Fsp3) is 0.0652. The maximum atomic E-state index is 5.40. The summed E-state index contributed by atoms with van der Waals surface area (Å²) in [6.45, 7) is 4.63. The van der Waals surface area contributed by atoms with Gasteiger partial charge in [-0.1, -0.05) is 111 Å². The van der Waals surface area contributed by atoms with Gasteiger partial charge in [0.25, 0.3) is 0 Å². The molecule has 10 aromatic rings. The van der Waals surface area contributed by atoms with Gasteiger partial charge < -0.3 is 0 Å². The highest BCUT2D eigenvalue weighted by Gasteiger charge is 2.36. The molecule has 6 aromatic carbocycles. The van der Waals surface area contributed by atoms with E-state index in [0.29, 0.717) is 0 Å². The molecule has 0 bridgehead atoms. The molecule has 240 valence electrons. The zero-order valence-electron chi connectivity index (χ0n) is 28.2. The van der Waals surface area contributed by atoms with Crippen molar-refractivity contribution >= 4 is 54.4 Å². The maximum absolute atomic E-state index is 5.40. The Labute approximate surface area is 294 Å². The summed E-state index contributed by atoms with van der Waals surface area (Å²) in [5.41, 5.74) is 11.2. The summed E-state index contributed by atoms with van der Waals surface area (Å²) in [6.07, 6.45) is 5.75. The fourth-order valence-corrected chi connectivity index (χ4v) is 8.61. The van der Waals surface area contributed by atoms with E-state index >= 15 is 0 Å². The minimum absolute atomic E-state index is 0.236. The number of hydrogen-bond donors (Lipinski definition) is 0. The zero-order chi connectivity index (χ0) is 33.8. The number of fused-ring (bicyclic) bond motifs is 11. The Hall–Kier alpha value is -6.59. The van der Waals surface area contributed by atoms with Crippen molar-refractivity contribution in [3.63, 3.8) is 0 Å². The Kier molecular flexibility index (Phi) is 5.66. The average Bonchev–Trinajstić information content (AvgIpc) is 3.75. The summed E-state index contributed by atoms with van der Waals surface area (Å²) < 4.78 is 4.66. The SMILES string of the molecule is CC1(C)c2cccnc2-n2c3cnccc3c3cc(-c4ccc(-n5c(-c6ccccc6)nc6c7ccccc7c7ccccc7c65)cc4)cc1c32. The molecule has 0 unspecified atom stereocenters. The van der Waals surface area contributed by atoms with Gasteiger partial charge in [0.05, 0.1) is 28.3 Å². The Balaban J connectivity index is 1.16. The van der Waals surface area contributed by atoms with Crippen LogP contribution < -0.4 is 0 Å². The molecule has 0 saturated carbocycles. The van der Waals surface area contributed by atoms with Crippen LogP contribution >= 0.6 is 0 Å². The third-order valence-corrected chi connectivity index (χ3v) is 11.0. The summed E-state index contributed by atoms with van der Waals surface area (Å²) in [5, 5.41) is 7.21. The minimum atomic E-state index is -0.236. The van der Waals surface area contributed by atoms with Crippen LogP contribution in [0.5, 0.6) is 0 Å². The van der Waals surface area contributed by atoms with Gasteiger partial charge in [-0.25, -0.2) is 9.97 Å². The second kappa shape index (κ2) is 10.2. The van der Waals surface area contributed by atoms with E-state index in [2.05, 4.69) is 155 Å². The van der Waals surface area contributed by atoms with Crippen LogP contribution in [0, 0.1) is 0 Å². The van der Waals surface area contributed by atoms with Crippen molar-refractivity contribution in [3.8, 4) is 34.0 Å². The number of pyridine rings is 2. The molecule has 51 heavy (non-hydrogen) atoms. The van der Waals surface area contributed by atoms with Gasteiger partial charge in [0, 0.05) is 56.2 Å². The Morgan fingerprint density at radius 2 is 1.24 bits per heavy atom. The highest BCUT2D eigenvalue weighted by atomic mass is 15.1. The smallest absolute Gasteiger partial charge is 0.145 e. The molecule has 1 aliphatic rings. The molecule has 0 fully saturated rings. The minimum Gasteiger partial charge on any atom is -0.292 e. The van der Waals surface area contributed by atoms with Crippen LogP contribution in [0.1, 0.15) is 25.0 Å². The number of imidazole rings is 1. The Morgan fingerprint density at radius 3 is 2.04 bits per heavy atom. The van der Waals surface area contributed by atoms with Gasteiger partial charge in [-0.05, 0) is 63.9 Å². The molecule has 0 saturated heterocycles. The van der Waals surface area contributed by atoms with Crippen LogP contribution in [0.4, 0.5) is 0 Å². The van der Waals surface area contributed by atoms with Gasteiger partial charge in [0.1, 0.15) is 11.6 Å². The molecular weight excluding hydrogens is 623 g/mol. The van der Waals surface area contributed by atoms with Crippen LogP contribution in [0.3, 0.4) is 0 Å². The maximum Gasteiger partial charge on any atom is 0.145 e. The predicted octanol–water partition coefficient (Wildman–Crippen LogP) is 11.2. The number of benzene rings is 6. The molecule has 0 aliphatic carbocycles. The van der Waals surface area contributed by atoms with Crippen molar-refractivity contribution in [2.75, 3.05) is 0 Å². The van der Waals surface area contributed by atoms with E-state index in [9.17, 15) is 0 Å². The van der Waals surface area contributed by atoms with Crippen molar-refractivity contribution in [1.29, 1.82) is 0 Å². The molecule has 0 spiro atoms. The molecule has 1 aliphatic heterocycles. The van der Waals surface area contributed by atoms with Gasteiger partial charge in [-0.15, -0.1) is 0 Å². The van der Waals surface area contributed by atoms with E-state index in [1.54, 1.807) is 0 Å². The fourth-order valence-electron chi connectivity index (χ4n) is 8.61. The van der Waals surface area contributed by atoms with Crippen molar-refractivity contribution < 1.29 is 0 Å². The van der Waals surface area contributed by atoms with Crippen LogP contribution in [-0.4, -0.2) is 24.1 Å². The van der Waals surface area contributed by atoms with Crippen molar-refractivity contribution in [3.05, 3.63) is 163 Å². The first kappa shape index (κ1) is 28.3. The van der Waals surface area contributed by atoms with Gasteiger partial charge >= 0.3 is 0 Å². The van der Waals surface area contributed by atoms with Crippen LogP contribution in [-0.2, 0) is 5.41 Å². The number of rotatable bonds is 3. The number of nitrogens with zero attached hydrogens (tertiary/aromatic N) is 5. The van der Waals surface area contributed by atoms with Crippen LogP contribution in [0.15, 0.2) is 152 Å². The topological polar surface area (TPSA) is 48.5 Å². The van der Waals surface area contributed by atoms with E-state index in [4.69, 9.17) is 9.97 Å². The first-order chi connectivity index (χ1) is 25.1. The molecule has 5 heterocycles. The lowest BCUT2D eigenvalue weighted by molar-refractivity contribution is 0.624. The van der Waals surface area contributed by atoms with E-state index in [-0.39, 0.29) is 5.41 Å². The molecule has 0 atom stereocenters. The van der Waals surface area contributed by atoms with Crippen molar-refractivity contribution in [2.24, 2.45) is 0 Å². The first-order valence-corrected chi connectivity index (χ1v) is 17.4. The molecule has 0 amide bonds. The lowest BCUT2D eigenvalue weighted by atomic mass is 9.75. The number of hydrogen-bond acceptors (Lipinski definition) is 3. The highest BCUT2D eigenvalue weighted by Crippen LogP contribution is 2.48. The van der Waals surface area contributed by atoms with Gasteiger partial charge in [-0.2, -0.15) is 0 Å². The number of aromatic nitrogens is 5. The van der Waals surface area contributed by atoms with Gasteiger partial charge in [0.2, 0.25) is 0 Å². The highest BCUT2D eigenvalue weighted by molar-refractivity contribution is 6.24. The lowest BCUT2D eigenvalue weighted by Gasteiger charge is -2.34. The summed E-state index contributed by atoms with van der Waals surface area (Å²) in [4.78, 5) is 14.8. The Bertz CT molecular complexity index is 3040. The molecule has 4 aromatic heterocycles. The molecule has 11 rings (SSSR count). The summed E-state index contributed by atoms with van der Waals surface area (Å²) in [7, 11) is 0.